The summed E-state index contributed by atoms with van der Waals surface area (Å²) < 4.78 is 5.66. The normalized spacial score (nSPS) is 15.9. The van der Waals surface area contributed by atoms with Gasteiger partial charge in [-0.15, -0.1) is 0 Å². The third-order valence-electron chi connectivity index (χ3n) is 5.41. The van der Waals surface area contributed by atoms with Crippen LogP contribution in [0.1, 0.15) is 67.9 Å². The molecule has 0 aliphatic carbocycles. The molecule has 0 bridgehead atoms. The lowest BCUT2D eigenvalue weighted by Crippen LogP contribution is -2.50. The number of hydrogen-bond acceptors (Lipinski definition) is 4. The Morgan fingerprint density at radius 1 is 1.03 bits per heavy atom. The molecule has 0 saturated carbocycles. The van der Waals surface area contributed by atoms with Gasteiger partial charge in [0, 0.05) is 48.9 Å². The summed E-state index contributed by atoms with van der Waals surface area (Å²) >= 11 is 1.24. The fraction of sp³-hybridized carbons (Fsp3) is 0.654. The van der Waals surface area contributed by atoms with E-state index in [-0.39, 0.29) is 22.0 Å². The first kappa shape index (κ1) is 25.6. The molecule has 1 amide bonds. The maximum atomic E-state index is 12.5. The molecule has 33 heavy (non-hydrogen) atoms. The summed E-state index contributed by atoms with van der Waals surface area (Å²) in [6, 6.07) is 3.86. The number of phenolic OH excluding ortho intramolecular Hbond substituents is 1. The molecule has 0 radical (unpaired) electrons. The molecule has 1 fully saturated rings. The number of amides is 1. The third-order valence-corrected chi connectivity index (χ3v) is 6.69. The number of hydrogen-bond donors (Lipinski definition) is 2. The number of nitrogens with zero attached hydrogens (tertiary/aromatic N) is 2. The van der Waals surface area contributed by atoms with E-state index in [1.54, 1.807) is 4.90 Å². The number of nitrogens with one attached hydrogen (secondary N) is 1. The van der Waals surface area contributed by atoms with Crippen LogP contribution < -0.4 is 4.90 Å². The van der Waals surface area contributed by atoms with Crippen LogP contribution in [-0.4, -0.2) is 57.6 Å². The van der Waals surface area contributed by atoms with Gasteiger partial charge < -0.3 is 24.6 Å². The molecule has 1 aliphatic heterocycles. The molecule has 7 heteroatoms. The van der Waals surface area contributed by atoms with Crippen LogP contribution in [-0.2, 0) is 22.9 Å². The number of aromatic amines is 1. The zero-order valence-electron chi connectivity index (χ0n) is 21.8. The topological polar surface area (TPSA) is 68.8 Å². The van der Waals surface area contributed by atoms with Gasteiger partial charge in [0.2, 0.25) is 5.03 Å². The molecule has 1 aromatic carbocycles. The van der Waals surface area contributed by atoms with Gasteiger partial charge in [-0.25, -0.2) is 4.79 Å². The number of carbonyl (C=O) groups is 1. The number of benzene rings is 1. The first-order valence-corrected chi connectivity index (χ1v) is 12.8. The second-order valence-electron chi connectivity index (χ2n) is 12.3. The molecule has 2 N–H and O–H groups in total. The van der Waals surface area contributed by atoms with Gasteiger partial charge >= 0.3 is 6.09 Å². The summed E-state index contributed by atoms with van der Waals surface area (Å²) in [5.41, 5.74) is 2.80. The molecule has 6 nitrogen and oxygen atoms in total. The Balaban J connectivity index is 1.95. The van der Waals surface area contributed by atoms with Gasteiger partial charge in [0.15, 0.2) is 0 Å². The summed E-state index contributed by atoms with van der Waals surface area (Å²) in [4.78, 5) is 20.1. The zero-order chi connectivity index (χ0) is 24.8. The molecular formula is C26H42N3O3S+. The standard InChI is InChI=1S/C26H41N3O3S/c1-24(2,3)16-18-17-10-11-19(30)21(20(17)27-22(18)33-26(7,8)9)28-12-14-29(15-13-28)23(31)32-25(4,5)6/h10-11,27,30H,12-16H2,1-9H3/p+1. The second-order valence-corrected chi connectivity index (χ2v) is 14.3. The van der Waals surface area contributed by atoms with Crippen molar-refractivity contribution in [1.29, 1.82) is 0 Å². The highest BCUT2D eigenvalue weighted by Gasteiger charge is 2.32. The molecule has 1 aromatic heterocycles. The molecule has 0 spiro atoms. The number of aromatic nitrogens is 1. The second kappa shape index (κ2) is 8.97. The number of aromatic hydroxyl groups is 1. The minimum atomic E-state index is -0.505. The van der Waals surface area contributed by atoms with Crippen molar-refractivity contribution in [2.45, 2.75) is 84.1 Å². The minimum Gasteiger partial charge on any atom is -0.506 e. The van der Waals surface area contributed by atoms with Crippen LogP contribution in [0.15, 0.2) is 17.2 Å². The van der Waals surface area contributed by atoms with Crippen molar-refractivity contribution in [3.63, 3.8) is 0 Å². The highest BCUT2D eigenvalue weighted by molar-refractivity contribution is 7.80. The Labute approximate surface area is 203 Å². The van der Waals surface area contributed by atoms with Crippen molar-refractivity contribution in [2.24, 2.45) is 5.41 Å². The van der Waals surface area contributed by atoms with E-state index in [1.165, 1.54) is 27.7 Å². The summed E-state index contributed by atoms with van der Waals surface area (Å²) in [5, 5.41) is 13.3. The number of piperazine rings is 1. The van der Waals surface area contributed by atoms with E-state index in [4.69, 9.17) is 4.74 Å². The van der Waals surface area contributed by atoms with Crippen molar-refractivity contribution in [1.82, 2.24) is 9.88 Å². The summed E-state index contributed by atoms with van der Waals surface area (Å²) in [6.07, 6.45) is 0.686. The fourth-order valence-corrected chi connectivity index (χ4v) is 5.35. The van der Waals surface area contributed by atoms with E-state index in [2.05, 4.69) is 51.4 Å². The van der Waals surface area contributed by atoms with E-state index in [9.17, 15) is 9.90 Å². The number of H-pyrrole nitrogens is 1. The van der Waals surface area contributed by atoms with Crippen molar-refractivity contribution in [3.8, 4) is 5.75 Å². The molecule has 184 valence electrons. The Hall–Kier alpha value is -2.02. The largest absolute Gasteiger partial charge is 0.506 e. The molecule has 0 unspecified atom stereocenters. The van der Waals surface area contributed by atoms with Crippen LogP contribution in [0.5, 0.6) is 5.75 Å². The van der Waals surface area contributed by atoms with Crippen LogP contribution in [0, 0.1) is 5.41 Å². The highest BCUT2D eigenvalue weighted by atomic mass is 32.2. The van der Waals surface area contributed by atoms with Crippen LogP contribution >= 0.6 is 0 Å². The maximum absolute atomic E-state index is 12.5. The predicted molar refractivity (Wildman–Crippen MR) is 140 cm³/mol. The van der Waals surface area contributed by atoms with Crippen LogP contribution in [0.25, 0.3) is 10.9 Å². The predicted octanol–water partition coefficient (Wildman–Crippen LogP) is 5.49. The summed E-state index contributed by atoms with van der Waals surface area (Å²) in [7, 11) is 0. The van der Waals surface area contributed by atoms with Crippen molar-refractivity contribution in [3.05, 3.63) is 17.7 Å². The molecule has 3 rings (SSSR count). The SMILES string of the molecule is CC(C)(C)Cc1c([SH+]C(C)(C)C)[nH]c2c(N3CCN(C(=O)OC(C)(C)C)CC3)c(O)ccc12. The van der Waals surface area contributed by atoms with E-state index >= 15 is 0 Å². The number of ether oxygens (including phenoxy) is 1. The van der Waals surface area contributed by atoms with Gasteiger partial charge in [-0.2, -0.15) is 0 Å². The zero-order valence-corrected chi connectivity index (χ0v) is 22.7. The Morgan fingerprint density at radius 3 is 2.15 bits per heavy atom. The smallest absolute Gasteiger partial charge is 0.410 e. The molecule has 1 aliphatic rings. The van der Waals surface area contributed by atoms with Crippen LogP contribution in [0.4, 0.5) is 10.5 Å². The number of carbonyl (C=O) groups excluding carboxylic acids is 1. The molecule has 1 saturated heterocycles. The number of rotatable bonds is 3. The maximum Gasteiger partial charge on any atom is 0.410 e. The lowest BCUT2D eigenvalue weighted by Gasteiger charge is -2.37. The third kappa shape index (κ3) is 6.52. The fourth-order valence-electron chi connectivity index (χ4n) is 4.18. The molecular weight excluding hydrogens is 434 g/mol. The van der Waals surface area contributed by atoms with E-state index < -0.39 is 5.60 Å². The van der Waals surface area contributed by atoms with Gasteiger partial charge in [0.25, 0.3) is 0 Å². The Bertz CT molecular complexity index is 1000. The van der Waals surface area contributed by atoms with Gasteiger partial charge in [-0.05, 0) is 65.5 Å². The lowest BCUT2D eigenvalue weighted by molar-refractivity contribution is 0.0240. The number of anilines is 1. The molecule has 0 atom stereocenters. The van der Waals surface area contributed by atoms with Crippen LogP contribution in [0.3, 0.4) is 0 Å². The van der Waals surface area contributed by atoms with E-state index in [0.717, 1.165) is 17.6 Å². The average Bonchev–Trinajstić information content (AvgIpc) is 2.94. The van der Waals surface area contributed by atoms with Gasteiger partial charge in [-0.3, -0.25) is 0 Å². The number of phenols is 1. The average molecular weight is 477 g/mol. The van der Waals surface area contributed by atoms with Gasteiger partial charge in [-0.1, -0.05) is 20.8 Å². The Morgan fingerprint density at radius 2 is 1.64 bits per heavy atom. The van der Waals surface area contributed by atoms with E-state index in [0.29, 0.717) is 26.2 Å². The van der Waals surface area contributed by atoms with Crippen molar-refractivity contribution < 1.29 is 14.6 Å². The number of fused-ring (bicyclic) bond motifs is 1. The minimum absolute atomic E-state index is 0.120. The van der Waals surface area contributed by atoms with Crippen molar-refractivity contribution >= 4 is 34.4 Å². The first-order chi connectivity index (χ1) is 15.0. The highest BCUT2D eigenvalue weighted by Crippen LogP contribution is 2.41. The van der Waals surface area contributed by atoms with Crippen LogP contribution in [0.2, 0.25) is 0 Å². The number of thiol groups is 1. The van der Waals surface area contributed by atoms with Gasteiger partial charge in [0.1, 0.15) is 21.8 Å². The quantitative estimate of drug-likeness (QED) is 0.454. The molecule has 2 aromatic rings. The summed E-state index contributed by atoms with van der Waals surface area (Å²) in [6.45, 7) is 21.6. The first-order valence-electron chi connectivity index (χ1n) is 11.9. The van der Waals surface area contributed by atoms with E-state index in [1.807, 2.05) is 32.9 Å². The monoisotopic (exact) mass is 476 g/mol. The summed E-state index contributed by atoms with van der Waals surface area (Å²) in [5.74, 6) is 0.274. The molecule has 2 heterocycles. The lowest BCUT2D eigenvalue weighted by atomic mass is 9.88. The van der Waals surface area contributed by atoms with Crippen molar-refractivity contribution in [2.75, 3.05) is 31.1 Å². The van der Waals surface area contributed by atoms with Gasteiger partial charge in [0.05, 0.1) is 5.52 Å². The Kier molecular flexibility index (Phi) is 6.96.